The maximum Gasteiger partial charge on any atom is 0.412 e. The molecule has 2 aromatic heterocycles. The molecule has 192 valence electrons. The number of thiazole rings is 1. The van der Waals surface area contributed by atoms with Gasteiger partial charge >= 0.3 is 6.09 Å². The Morgan fingerprint density at radius 1 is 1.49 bits per heavy atom. The number of halogens is 1. The molecule has 0 bridgehead atoms. The maximum atomic E-state index is 15.5. The Labute approximate surface area is 218 Å². The summed E-state index contributed by atoms with van der Waals surface area (Å²) in [7, 11) is 1.69. The molecule has 2 aliphatic rings. The van der Waals surface area contributed by atoms with Crippen molar-refractivity contribution in [2.75, 3.05) is 13.7 Å². The highest BCUT2D eigenvalue weighted by molar-refractivity contribution is 7.15. The SMILES string of the molecule is C#CCOC(=O)NC1=CC=C(n2nc(/C(C=NC)=C/C=C)c3c2-c2sc(C)nc2CC3)C(F)C1.NC=O. The van der Waals surface area contributed by atoms with E-state index in [0.29, 0.717) is 11.4 Å². The van der Waals surface area contributed by atoms with Crippen molar-refractivity contribution in [3.8, 4) is 22.9 Å². The van der Waals surface area contributed by atoms with Gasteiger partial charge in [-0.05, 0) is 31.9 Å². The number of fused-ring (bicyclic) bond motifs is 3. The van der Waals surface area contributed by atoms with Crippen molar-refractivity contribution in [3.63, 3.8) is 0 Å². The number of nitrogens with one attached hydrogen (secondary N) is 1. The number of carbonyl (C=O) groups is 2. The number of aromatic nitrogens is 3. The fourth-order valence-electron chi connectivity index (χ4n) is 4.08. The summed E-state index contributed by atoms with van der Waals surface area (Å²) in [6.45, 7) is 5.62. The molecule has 2 aromatic rings. The summed E-state index contributed by atoms with van der Waals surface area (Å²) < 4.78 is 22.0. The van der Waals surface area contributed by atoms with Crippen molar-refractivity contribution in [3.05, 3.63) is 58.5 Å². The molecule has 9 nitrogen and oxygen atoms in total. The van der Waals surface area contributed by atoms with Gasteiger partial charge in [0.05, 0.1) is 32.7 Å². The van der Waals surface area contributed by atoms with Crippen LogP contribution < -0.4 is 11.1 Å². The van der Waals surface area contributed by atoms with E-state index in [-0.39, 0.29) is 19.4 Å². The summed E-state index contributed by atoms with van der Waals surface area (Å²) in [4.78, 5) is 30.2. The van der Waals surface area contributed by atoms with Crippen molar-refractivity contribution in [2.24, 2.45) is 10.7 Å². The van der Waals surface area contributed by atoms with Crippen LogP contribution in [0.2, 0.25) is 0 Å². The Morgan fingerprint density at radius 2 is 2.24 bits per heavy atom. The molecule has 1 atom stereocenters. The Hall–Kier alpha value is -4.30. The standard InChI is InChI=1S/C25H24FN5O2S.CH3NO/c1-5-7-16(14-27-4)22-18-9-10-20-24(34-15(3)28-20)23(18)31(30-22)21-11-8-17(13-19(21)26)29-25(32)33-12-6-2;2-1-3/h2,5,7-8,11,14,19H,1,9-10,12-13H2,3-4H3,(H,29,32);1H,(H2,2,3)/b16-7+,27-14?;. The first-order valence-corrected chi connectivity index (χ1v) is 12.1. The lowest BCUT2D eigenvalue weighted by atomic mass is 9.94. The summed E-state index contributed by atoms with van der Waals surface area (Å²) in [5, 5.41) is 8.35. The quantitative estimate of drug-likeness (QED) is 0.260. The van der Waals surface area contributed by atoms with E-state index >= 15 is 4.39 Å². The van der Waals surface area contributed by atoms with Gasteiger partial charge in [0.2, 0.25) is 6.41 Å². The van der Waals surface area contributed by atoms with Gasteiger partial charge in [-0.3, -0.25) is 15.1 Å². The van der Waals surface area contributed by atoms with Crippen molar-refractivity contribution >= 4 is 41.3 Å². The highest BCUT2D eigenvalue weighted by atomic mass is 32.1. The van der Waals surface area contributed by atoms with Crippen LogP contribution in [-0.2, 0) is 22.4 Å². The number of hydrogen-bond donors (Lipinski definition) is 2. The first-order chi connectivity index (χ1) is 17.9. The summed E-state index contributed by atoms with van der Waals surface area (Å²) >= 11 is 1.58. The Balaban J connectivity index is 0.00000121. The normalized spacial score (nSPS) is 16.3. The predicted molar refractivity (Wildman–Crippen MR) is 144 cm³/mol. The number of terminal acetylenes is 1. The number of hydrogen-bond acceptors (Lipinski definition) is 7. The molecule has 0 radical (unpaired) electrons. The van der Waals surface area contributed by atoms with Gasteiger partial charge in [-0.25, -0.2) is 18.9 Å². The summed E-state index contributed by atoms with van der Waals surface area (Å²) in [5.41, 5.74) is 9.39. The number of aryl methyl sites for hydroxylation is 2. The van der Waals surface area contributed by atoms with Crippen LogP contribution in [0.4, 0.5) is 9.18 Å². The first kappa shape index (κ1) is 27.3. The van der Waals surface area contributed by atoms with Crippen molar-refractivity contribution in [1.29, 1.82) is 0 Å². The molecular formula is C26H27FN6O3S. The zero-order valence-electron chi connectivity index (χ0n) is 20.5. The minimum Gasteiger partial charge on any atom is -0.436 e. The third-order valence-electron chi connectivity index (χ3n) is 5.42. The molecule has 3 N–H and O–H groups in total. The van der Waals surface area contributed by atoms with E-state index in [1.165, 1.54) is 0 Å². The zero-order valence-corrected chi connectivity index (χ0v) is 21.3. The average Bonchev–Trinajstić information content (AvgIpc) is 3.43. The minimum absolute atomic E-state index is 0.0265. The van der Waals surface area contributed by atoms with Crippen LogP contribution in [0.3, 0.4) is 0 Å². The third-order valence-corrected chi connectivity index (χ3v) is 6.44. The molecule has 4 rings (SSSR count). The lowest BCUT2D eigenvalue weighted by Crippen LogP contribution is -2.28. The van der Waals surface area contributed by atoms with Crippen LogP contribution in [0.25, 0.3) is 21.8 Å². The van der Waals surface area contributed by atoms with Crippen LogP contribution in [0.15, 0.2) is 41.6 Å². The molecule has 0 saturated heterocycles. The second kappa shape index (κ2) is 12.6. The second-order valence-electron chi connectivity index (χ2n) is 7.84. The Morgan fingerprint density at radius 3 is 2.89 bits per heavy atom. The number of allylic oxidation sites excluding steroid dienone is 7. The number of alkyl halides is 1. The number of primary amides is 1. The van der Waals surface area contributed by atoms with Gasteiger partial charge in [0, 0.05) is 36.5 Å². The molecule has 1 unspecified atom stereocenters. The summed E-state index contributed by atoms with van der Waals surface area (Å²) in [6.07, 6.45) is 13.3. The van der Waals surface area contributed by atoms with Crippen molar-refractivity contribution in [1.82, 2.24) is 20.1 Å². The van der Waals surface area contributed by atoms with Gasteiger partial charge in [0.25, 0.3) is 0 Å². The number of nitrogens with two attached hydrogens (primary N) is 1. The first-order valence-electron chi connectivity index (χ1n) is 11.3. The number of nitrogens with zero attached hydrogens (tertiary/aromatic N) is 4. The van der Waals surface area contributed by atoms with Crippen LogP contribution >= 0.6 is 11.3 Å². The van der Waals surface area contributed by atoms with Crippen molar-refractivity contribution < 1.29 is 18.7 Å². The van der Waals surface area contributed by atoms with Gasteiger partial charge < -0.3 is 10.5 Å². The smallest absolute Gasteiger partial charge is 0.412 e. The van der Waals surface area contributed by atoms with Gasteiger partial charge in [-0.2, -0.15) is 5.10 Å². The number of amides is 2. The monoisotopic (exact) mass is 522 g/mol. The minimum atomic E-state index is -1.39. The van der Waals surface area contributed by atoms with Gasteiger partial charge in [-0.15, -0.1) is 17.8 Å². The van der Waals surface area contributed by atoms with Gasteiger partial charge in [0.1, 0.15) is 6.17 Å². The van der Waals surface area contributed by atoms with E-state index in [2.05, 4.69) is 33.5 Å². The molecule has 0 aliphatic heterocycles. The Kier molecular flexibility index (Phi) is 9.29. The maximum absolute atomic E-state index is 15.5. The fraction of sp³-hybridized carbons (Fsp3) is 0.269. The largest absolute Gasteiger partial charge is 0.436 e. The summed E-state index contributed by atoms with van der Waals surface area (Å²) in [5.74, 6) is 2.22. The van der Waals surface area contributed by atoms with Crippen LogP contribution in [0.5, 0.6) is 0 Å². The summed E-state index contributed by atoms with van der Waals surface area (Å²) in [6, 6.07) is 0. The molecule has 2 amide bonds. The van der Waals surface area contributed by atoms with Crippen LogP contribution in [0.1, 0.15) is 28.4 Å². The highest BCUT2D eigenvalue weighted by Gasteiger charge is 2.32. The van der Waals surface area contributed by atoms with E-state index in [1.807, 2.05) is 13.0 Å². The third kappa shape index (κ3) is 6.10. The van der Waals surface area contributed by atoms with Crippen molar-refractivity contribution in [2.45, 2.75) is 32.4 Å². The predicted octanol–water partition coefficient (Wildman–Crippen LogP) is 3.61. The highest BCUT2D eigenvalue weighted by Crippen LogP contribution is 2.42. The molecule has 0 aromatic carbocycles. The average molecular weight is 523 g/mol. The lowest BCUT2D eigenvalue weighted by molar-refractivity contribution is -0.106. The molecule has 2 aliphatic carbocycles. The number of aliphatic imine (C=N–C) groups is 1. The van der Waals surface area contributed by atoms with Crippen LogP contribution in [-0.4, -0.2) is 53.3 Å². The number of ether oxygens (including phenoxy) is 1. The van der Waals surface area contributed by atoms with E-state index in [4.69, 9.17) is 21.1 Å². The second-order valence-corrected chi connectivity index (χ2v) is 9.04. The molecular weight excluding hydrogens is 495 g/mol. The lowest BCUT2D eigenvalue weighted by Gasteiger charge is -2.22. The van der Waals surface area contributed by atoms with Crippen LogP contribution in [0, 0.1) is 19.3 Å². The van der Waals surface area contributed by atoms with E-state index in [9.17, 15) is 4.79 Å². The number of alkyl carbamates (subject to hydrolysis) is 1. The van der Waals surface area contributed by atoms with E-state index in [1.54, 1.807) is 47.5 Å². The topological polar surface area (TPSA) is 124 Å². The fourth-order valence-corrected chi connectivity index (χ4v) is 5.11. The molecule has 37 heavy (non-hydrogen) atoms. The molecule has 0 saturated carbocycles. The number of rotatable bonds is 6. The molecule has 11 heteroatoms. The van der Waals surface area contributed by atoms with E-state index < -0.39 is 12.3 Å². The zero-order chi connectivity index (χ0) is 26.9. The molecule has 0 spiro atoms. The van der Waals surface area contributed by atoms with Gasteiger partial charge in [-0.1, -0.05) is 24.7 Å². The number of carbonyl (C=O) groups excluding carboxylic acids is 2. The molecule has 2 heterocycles. The van der Waals surface area contributed by atoms with Gasteiger partial charge in [0.15, 0.2) is 6.61 Å². The van der Waals surface area contributed by atoms with E-state index in [0.717, 1.165) is 50.9 Å². The Bertz CT molecular complexity index is 1360. The molecule has 0 fully saturated rings.